The average molecular weight is 276 g/mol. The van der Waals surface area contributed by atoms with E-state index in [1.807, 2.05) is 13.8 Å². The predicted molar refractivity (Wildman–Crippen MR) is 77.5 cm³/mol. The van der Waals surface area contributed by atoms with Crippen LogP contribution in [-0.2, 0) is 9.59 Å². The maximum atomic E-state index is 12.0. The fourth-order valence-corrected chi connectivity index (χ4v) is 1.60. The Morgan fingerprint density at radius 3 is 2.40 bits per heavy atom. The molecule has 0 saturated heterocycles. The van der Waals surface area contributed by atoms with Crippen molar-refractivity contribution in [3.05, 3.63) is 29.8 Å². The van der Waals surface area contributed by atoms with Crippen LogP contribution in [0.5, 0.6) is 0 Å². The summed E-state index contributed by atoms with van der Waals surface area (Å²) in [4.78, 5) is 34.5. The van der Waals surface area contributed by atoms with Gasteiger partial charge in [-0.15, -0.1) is 0 Å². The molecule has 0 aliphatic heterocycles. The van der Waals surface area contributed by atoms with Gasteiger partial charge in [0.1, 0.15) is 5.78 Å². The van der Waals surface area contributed by atoms with Crippen LogP contribution in [0.3, 0.4) is 0 Å². The Morgan fingerprint density at radius 2 is 1.80 bits per heavy atom. The van der Waals surface area contributed by atoms with Crippen LogP contribution in [0.1, 0.15) is 37.6 Å². The third kappa shape index (κ3) is 5.22. The molecule has 0 aliphatic carbocycles. The van der Waals surface area contributed by atoms with Crippen LogP contribution >= 0.6 is 0 Å². The van der Waals surface area contributed by atoms with E-state index < -0.39 is 5.91 Å². The van der Waals surface area contributed by atoms with E-state index in [0.717, 1.165) is 0 Å². The highest BCUT2D eigenvalue weighted by Crippen LogP contribution is 2.15. The molecule has 0 aliphatic rings. The van der Waals surface area contributed by atoms with E-state index in [4.69, 9.17) is 0 Å². The number of carbonyl (C=O) groups excluding carboxylic acids is 3. The lowest BCUT2D eigenvalue weighted by Gasteiger charge is -2.12. The van der Waals surface area contributed by atoms with Crippen molar-refractivity contribution in [1.29, 1.82) is 0 Å². The standard InChI is InChI=1S/C15H20N2O3/c1-10(2)9-16-15(20)12-6-4-5-7-13(12)17-14(19)8-11(3)18/h4-7,10H,8-9H2,1-3H3,(H,16,20)(H,17,19). The molecule has 108 valence electrons. The topological polar surface area (TPSA) is 75.3 Å². The third-order valence-corrected chi connectivity index (χ3v) is 2.53. The van der Waals surface area contributed by atoms with Crippen molar-refractivity contribution in [3.63, 3.8) is 0 Å². The summed E-state index contributed by atoms with van der Waals surface area (Å²) in [5.74, 6) is -0.526. The molecule has 5 nitrogen and oxygen atoms in total. The first-order chi connectivity index (χ1) is 9.40. The molecule has 1 aromatic carbocycles. The van der Waals surface area contributed by atoms with E-state index in [2.05, 4.69) is 10.6 Å². The van der Waals surface area contributed by atoms with Crippen LogP contribution in [0, 0.1) is 5.92 Å². The van der Waals surface area contributed by atoms with Crippen LogP contribution in [0.4, 0.5) is 5.69 Å². The quantitative estimate of drug-likeness (QED) is 0.780. The summed E-state index contributed by atoms with van der Waals surface area (Å²) in [6, 6.07) is 6.73. The van der Waals surface area contributed by atoms with Crippen molar-refractivity contribution in [2.45, 2.75) is 27.2 Å². The van der Waals surface area contributed by atoms with Crippen molar-refractivity contribution in [1.82, 2.24) is 5.32 Å². The molecule has 20 heavy (non-hydrogen) atoms. The van der Waals surface area contributed by atoms with E-state index in [9.17, 15) is 14.4 Å². The smallest absolute Gasteiger partial charge is 0.253 e. The third-order valence-electron chi connectivity index (χ3n) is 2.53. The van der Waals surface area contributed by atoms with E-state index in [1.54, 1.807) is 24.3 Å². The summed E-state index contributed by atoms with van der Waals surface area (Å²) >= 11 is 0. The average Bonchev–Trinajstić information content (AvgIpc) is 2.35. The Bertz CT molecular complexity index is 510. The number of anilines is 1. The van der Waals surface area contributed by atoms with E-state index in [-0.39, 0.29) is 18.1 Å². The Kier molecular flexibility index (Phi) is 5.90. The minimum atomic E-state index is -0.415. The van der Waals surface area contributed by atoms with Gasteiger partial charge < -0.3 is 10.6 Å². The first-order valence-electron chi connectivity index (χ1n) is 6.56. The van der Waals surface area contributed by atoms with Crippen LogP contribution < -0.4 is 10.6 Å². The molecule has 0 spiro atoms. The van der Waals surface area contributed by atoms with E-state index in [1.165, 1.54) is 6.92 Å². The number of carbonyl (C=O) groups is 3. The van der Waals surface area contributed by atoms with Gasteiger partial charge in [0.15, 0.2) is 0 Å². The summed E-state index contributed by atoms with van der Waals surface area (Å²) in [5, 5.41) is 5.39. The number of para-hydroxylation sites is 1. The first kappa shape index (κ1) is 15.9. The molecule has 0 aromatic heterocycles. The molecule has 1 aromatic rings. The monoisotopic (exact) mass is 276 g/mol. The molecule has 2 N–H and O–H groups in total. The number of Topliss-reactive ketones (excluding diaryl/α,β-unsaturated/α-hetero) is 1. The van der Waals surface area contributed by atoms with Crippen molar-refractivity contribution in [2.24, 2.45) is 5.92 Å². The highest BCUT2D eigenvalue weighted by atomic mass is 16.2. The second kappa shape index (κ2) is 7.43. The number of nitrogens with one attached hydrogen (secondary N) is 2. The molecule has 0 bridgehead atoms. The lowest BCUT2D eigenvalue weighted by atomic mass is 10.1. The summed E-state index contributed by atoms with van der Waals surface area (Å²) in [6.07, 6.45) is -0.193. The molecule has 0 atom stereocenters. The lowest BCUT2D eigenvalue weighted by molar-refractivity contribution is -0.124. The number of benzene rings is 1. The van der Waals surface area contributed by atoms with Gasteiger partial charge in [-0.1, -0.05) is 26.0 Å². The summed E-state index contributed by atoms with van der Waals surface area (Å²) in [6.45, 7) is 5.91. The Labute approximate surface area is 118 Å². The fourth-order valence-electron chi connectivity index (χ4n) is 1.60. The largest absolute Gasteiger partial charge is 0.352 e. The molecule has 0 saturated carbocycles. The Balaban J connectivity index is 2.79. The maximum absolute atomic E-state index is 12.0. The highest BCUT2D eigenvalue weighted by Gasteiger charge is 2.13. The predicted octanol–water partition coefficient (Wildman–Crippen LogP) is 1.99. The lowest BCUT2D eigenvalue weighted by Crippen LogP contribution is -2.28. The van der Waals surface area contributed by atoms with Gasteiger partial charge >= 0.3 is 0 Å². The van der Waals surface area contributed by atoms with E-state index in [0.29, 0.717) is 23.7 Å². The van der Waals surface area contributed by atoms with Gasteiger partial charge in [0.2, 0.25) is 5.91 Å². The van der Waals surface area contributed by atoms with Crippen LogP contribution in [0.2, 0.25) is 0 Å². The Hall–Kier alpha value is -2.17. The number of ketones is 1. The van der Waals surface area contributed by atoms with Gasteiger partial charge in [0, 0.05) is 6.54 Å². The number of hydrogen-bond acceptors (Lipinski definition) is 3. The molecule has 2 amide bonds. The Morgan fingerprint density at radius 1 is 1.15 bits per heavy atom. The molecule has 0 radical (unpaired) electrons. The van der Waals surface area contributed by atoms with Gasteiger partial charge in [-0.05, 0) is 25.0 Å². The summed E-state index contributed by atoms with van der Waals surface area (Å²) < 4.78 is 0. The number of amides is 2. The first-order valence-corrected chi connectivity index (χ1v) is 6.56. The molecule has 1 rings (SSSR count). The van der Waals surface area contributed by atoms with E-state index >= 15 is 0 Å². The molecule has 5 heteroatoms. The zero-order valence-corrected chi connectivity index (χ0v) is 12.0. The van der Waals surface area contributed by atoms with Gasteiger partial charge in [-0.2, -0.15) is 0 Å². The van der Waals surface area contributed by atoms with Gasteiger partial charge in [0.25, 0.3) is 5.91 Å². The second-order valence-corrected chi connectivity index (χ2v) is 5.08. The van der Waals surface area contributed by atoms with Crippen LogP contribution in [-0.4, -0.2) is 24.1 Å². The highest BCUT2D eigenvalue weighted by molar-refractivity contribution is 6.07. The van der Waals surface area contributed by atoms with Gasteiger partial charge in [-0.25, -0.2) is 0 Å². The fraction of sp³-hybridized carbons (Fsp3) is 0.400. The SMILES string of the molecule is CC(=O)CC(=O)Nc1ccccc1C(=O)NCC(C)C. The molecular weight excluding hydrogens is 256 g/mol. The second-order valence-electron chi connectivity index (χ2n) is 5.08. The number of rotatable bonds is 6. The van der Waals surface area contributed by atoms with Crippen LogP contribution in [0.25, 0.3) is 0 Å². The normalized spacial score (nSPS) is 10.2. The summed E-state index contributed by atoms with van der Waals surface area (Å²) in [5.41, 5.74) is 0.810. The zero-order chi connectivity index (χ0) is 15.1. The van der Waals surface area contributed by atoms with Crippen molar-refractivity contribution >= 4 is 23.3 Å². The minimum absolute atomic E-state index is 0.193. The molecule has 0 unspecified atom stereocenters. The molecule has 0 fully saturated rings. The number of hydrogen-bond donors (Lipinski definition) is 2. The summed E-state index contributed by atoms with van der Waals surface area (Å²) in [7, 11) is 0. The molecule has 0 heterocycles. The van der Waals surface area contributed by atoms with Gasteiger partial charge in [0.05, 0.1) is 17.7 Å². The van der Waals surface area contributed by atoms with Crippen molar-refractivity contribution in [2.75, 3.05) is 11.9 Å². The van der Waals surface area contributed by atoms with Crippen LogP contribution in [0.15, 0.2) is 24.3 Å². The maximum Gasteiger partial charge on any atom is 0.253 e. The molecular formula is C15H20N2O3. The van der Waals surface area contributed by atoms with Crippen molar-refractivity contribution < 1.29 is 14.4 Å². The zero-order valence-electron chi connectivity index (χ0n) is 12.0. The minimum Gasteiger partial charge on any atom is -0.352 e. The van der Waals surface area contributed by atoms with Crippen molar-refractivity contribution in [3.8, 4) is 0 Å². The van der Waals surface area contributed by atoms with Gasteiger partial charge in [-0.3, -0.25) is 14.4 Å².